The van der Waals surface area contributed by atoms with E-state index in [0.717, 1.165) is 28.1 Å². The first-order chi connectivity index (χ1) is 13.6. The van der Waals surface area contributed by atoms with Gasteiger partial charge in [0.25, 0.3) is 5.91 Å². The summed E-state index contributed by atoms with van der Waals surface area (Å²) in [5.74, 6) is -0.295. The lowest BCUT2D eigenvalue weighted by atomic mass is 10.1. The Morgan fingerprint density at radius 3 is 2.68 bits per heavy atom. The number of carbonyl (C=O) groups is 2. The van der Waals surface area contributed by atoms with E-state index >= 15 is 0 Å². The number of thiazole rings is 1. The van der Waals surface area contributed by atoms with Gasteiger partial charge in [-0.05, 0) is 44.2 Å². The van der Waals surface area contributed by atoms with Gasteiger partial charge in [0.05, 0.1) is 34.6 Å². The van der Waals surface area contributed by atoms with Crippen LogP contribution in [-0.2, 0) is 11.3 Å². The molecular weight excluding hydrogens is 372 g/mol. The van der Waals surface area contributed by atoms with Crippen molar-refractivity contribution in [1.82, 2.24) is 15.2 Å². The Kier molecular flexibility index (Phi) is 5.36. The van der Waals surface area contributed by atoms with Gasteiger partial charge in [-0.1, -0.05) is 24.3 Å². The predicted molar refractivity (Wildman–Crippen MR) is 112 cm³/mol. The molecule has 1 fully saturated rings. The third kappa shape index (κ3) is 4.55. The van der Waals surface area contributed by atoms with Gasteiger partial charge in [-0.2, -0.15) is 0 Å². The molecule has 4 rings (SSSR count). The van der Waals surface area contributed by atoms with Crippen molar-refractivity contribution >= 4 is 39.1 Å². The van der Waals surface area contributed by atoms with Crippen LogP contribution < -0.4 is 10.6 Å². The van der Waals surface area contributed by atoms with Crippen molar-refractivity contribution in [3.05, 3.63) is 59.1 Å². The van der Waals surface area contributed by atoms with E-state index in [9.17, 15) is 9.59 Å². The number of amides is 2. The lowest BCUT2D eigenvalue weighted by molar-refractivity contribution is -0.117. The van der Waals surface area contributed by atoms with Gasteiger partial charge < -0.3 is 10.6 Å². The highest BCUT2D eigenvalue weighted by atomic mass is 32.1. The summed E-state index contributed by atoms with van der Waals surface area (Å²) >= 11 is 1.64. The van der Waals surface area contributed by atoms with Crippen LogP contribution in [0.5, 0.6) is 0 Å². The van der Waals surface area contributed by atoms with Gasteiger partial charge in [-0.15, -0.1) is 11.3 Å². The minimum Gasteiger partial charge on any atom is -0.349 e. The molecule has 7 heteroatoms. The molecule has 1 heterocycles. The largest absolute Gasteiger partial charge is 0.349 e. The zero-order chi connectivity index (χ0) is 19.5. The molecule has 1 aliphatic rings. The molecule has 6 nitrogen and oxygen atoms in total. The number of para-hydroxylation sites is 2. The van der Waals surface area contributed by atoms with Crippen LogP contribution in [0.15, 0.2) is 48.5 Å². The van der Waals surface area contributed by atoms with E-state index < -0.39 is 0 Å². The second kappa shape index (κ2) is 8.08. The zero-order valence-electron chi connectivity index (χ0n) is 15.6. The third-order valence-corrected chi connectivity index (χ3v) is 5.54. The molecule has 0 unspecified atom stereocenters. The Morgan fingerprint density at radius 1 is 1.14 bits per heavy atom. The van der Waals surface area contributed by atoms with E-state index in [-0.39, 0.29) is 24.4 Å². The van der Waals surface area contributed by atoms with Gasteiger partial charge in [0, 0.05) is 6.04 Å². The standard InChI is InChI=1S/C21H22N4O2S/c1-25(13-20-24-17-8-4-5-9-18(17)28-20)12-19(26)23-16-7-3-2-6-15(16)21(27)22-14-10-11-14/h2-9,14H,10-13H2,1H3,(H,22,27)(H,23,26). The Balaban J connectivity index is 1.36. The minimum atomic E-state index is -0.157. The van der Waals surface area contributed by atoms with E-state index in [2.05, 4.69) is 15.6 Å². The quantitative estimate of drug-likeness (QED) is 0.645. The topological polar surface area (TPSA) is 74.3 Å². The molecular formula is C21H22N4O2S. The van der Waals surface area contributed by atoms with Gasteiger partial charge in [0.15, 0.2) is 0 Å². The van der Waals surface area contributed by atoms with E-state index in [0.29, 0.717) is 17.8 Å². The molecule has 1 saturated carbocycles. The third-order valence-electron chi connectivity index (χ3n) is 4.52. The number of hydrogen-bond donors (Lipinski definition) is 2. The number of anilines is 1. The molecule has 2 N–H and O–H groups in total. The van der Waals surface area contributed by atoms with Crippen LogP contribution in [0.3, 0.4) is 0 Å². The SMILES string of the molecule is CN(CC(=O)Nc1ccccc1C(=O)NC1CC1)Cc1nc2ccccc2s1. The average Bonchev–Trinajstić information content (AvgIpc) is 3.38. The summed E-state index contributed by atoms with van der Waals surface area (Å²) in [4.78, 5) is 31.4. The highest BCUT2D eigenvalue weighted by Crippen LogP contribution is 2.23. The number of carbonyl (C=O) groups excluding carboxylic acids is 2. The molecule has 0 saturated heterocycles. The van der Waals surface area contributed by atoms with Gasteiger partial charge in [-0.25, -0.2) is 4.98 Å². The lowest BCUT2D eigenvalue weighted by Crippen LogP contribution is -2.31. The van der Waals surface area contributed by atoms with Crippen molar-refractivity contribution in [2.24, 2.45) is 0 Å². The monoisotopic (exact) mass is 394 g/mol. The summed E-state index contributed by atoms with van der Waals surface area (Å²) in [5, 5.41) is 6.81. The molecule has 2 aromatic carbocycles. The summed E-state index contributed by atoms with van der Waals surface area (Å²) in [6.07, 6.45) is 2.05. The molecule has 1 aliphatic carbocycles. The van der Waals surface area contributed by atoms with Crippen molar-refractivity contribution in [2.75, 3.05) is 18.9 Å². The van der Waals surface area contributed by atoms with Crippen molar-refractivity contribution < 1.29 is 9.59 Å². The van der Waals surface area contributed by atoms with E-state index in [1.165, 1.54) is 0 Å². The van der Waals surface area contributed by atoms with E-state index in [1.807, 2.05) is 42.3 Å². The van der Waals surface area contributed by atoms with Crippen LogP contribution in [0.4, 0.5) is 5.69 Å². The summed E-state index contributed by atoms with van der Waals surface area (Å²) < 4.78 is 1.14. The molecule has 28 heavy (non-hydrogen) atoms. The van der Waals surface area contributed by atoms with Crippen LogP contribution in [0, 0.1) is 0 Å². The van der Waals surface area contributed by atoms with E-state index in [4.69, 9.17) is 0 Å². The van der Waals surface area contributed by atoms with Crippen LogP contribution in [-0.4, -0.2) is 41.3 Å². The second-order valence-corrected chi connectivity index (χ2v) is 8.20. The highest BCUT2D eigenvalue weighted by molar-refractivity contribution is 7.18. The molecule has 0 atom stereocenters. The number of likely N-dealkylation sites (N-methyl/N-ethyl adjacent to an activating group) is 1. The minimum absolute atomic E-state index is 0.138. The molecule has 144 valence electrons. The number of rotatable bonds is 7. The van der Waals surface area contributed by atoms with Gasteiger partial charge in [0.2, 0.25) is 5.91 Å². The summed E-state index contributed by atoms with van der Waals surface area (Å²) in [6.45, 7) is 0.811. The smallest absolute Gasteiger partial charge is 0.253 e. The Labute approximate surface area is 167 Å². The number of aromatic nitrogens is 1. The summed E-state index contributed by atoms with van der Waals surface area (Å²) in [5.41, 5.74) is 2.02. The fourth-order valence-electron chi connectivity index (χ4n) is 2.99. The number of benzene rings is 2. The first kappa shape index (κ1) is 18.6. The highest BCUT2D eigenvalue weighted by Gasteiger charge is 2.25. The van der Waals surface area contributed by atoms with Crippen LogP contribution >= 0.6 is 11.3 Å². The number of hydrogen-bond acceptors (Lipinski definition) is 5. The zero-order valence-corrected chi connectivity index (χ0v) is 16.5. The predicted octanol–water partition coefficient (Wildman–Crippen LogP) is 3.26. The molecule has 0 spiro atoms. The van der Waals surface area contributed by atoms with Gasteiger partial charge in [0.1, 0.15) is 5.01 Å². The van der Waals surface area contributed by atoms with Crippen LogP contribution in [0.1, 0.15) is 28.2 Å². The summed E-state index contributed by atoms with van der Waals surface area (Å²) in [7, 11) is 1.89. The molecule has 0 aliphatic heterocycles. The maximum Gasteiger partial charge on any atom is 0.253 e. The van der Waals surface area contributed by atoms with Crippen molar-refractivity contribution in [3.63, 3.8) is 0 Å². The molecule has 3 aromatic rings. The molecule has 1 aromatic heterocycles. The Bertz CT molecular complexity index is 979. The Morgan fingerprint density at radius 2 is 1.89 bits per heavy atom. The lowest BCUT2D eigenvalue weighted by Gasteiger charge is -2.16. The molecule has 0 bridgehead atoms. The number of nitrogens with zero attached hydrogens (tertiary/aromatic N) is 2. The normalized spacial score (nSPS) is 13.6. The fraction of sp³-hybridized carbons (Fsp3) is 0.286. The maximum atomic E-state index is 12.5. The van der Waals surface area contributed by atoms with Gasteiger partial charge in [-0.3, -0.25) is 14.5 Å². The average molecular weight is 395 g/mol. The number of fused-ring (bicyclic) bond motifs is 1. The van der Waals surface area contributed by atoms with E-state index in [1.54, 1.807) is 29.5 Å². The first-order valence-electron chi connectivity index (χ1n) is 9.31. The second-order valence-electron chi connectivity index (χ2n) is 7.09. The molecule has 2 amide bonds. The van der Waals surface area contributed by atoms with Gasteiger partial charge >= 0.3 is 0 Å². The number of nitrogens with one attached hydrogen (secondary N) is 2. The van der Waals surface area contributed by atoms with Crippen molar-refractivity contribution in [1.29, 1.82) is 0 Å². The fourth-order valence-corrected chi connectivity index (χ4v) is 4.04. The van der Waals surface area contributed by atoms with Crippen LogP contribution in [0.25, 0.3) is 10.2 Å². The van der Waals surface area contributed by atoms with Crippen LogP contribution in [0.2, 0.25) is 0 Å². The molecule has 0 radical (unpaired) electrons. The van der Waals surface area contributed by atoms with Crippen molar-refractivity contribution in [2.45, 2.75) is 25.4 Å². The van der Waals surface area contributed by atoms with Crippen molar-refractivity contribution in [3.8, 4) is 0 Å². The first-order valence-corrected chi connectivity index (χ1v) is 10.1. The summed E-state index contributed by atoms with van der Waals surface area (Å²) in [6, 6.07) is 15.4. The Hall–Kier alpha value is -2.77. The maximum absolute atomic E-state index is 12.5.